The van der Waals surface area contributed by atoms with E-state index in [0.717, 1.165) is 51.4 Å². The van der Waals surface area contributed by atoms with E-state index < -0.39 is 32.7 Å². The fourth-order valence-corrected chi connectivity index (χ4v) is 7.21. The van der Waals surface area contributed by atoms with Crippen LogP contribution < -0.4 is 5.32 Å². The Morgan fingerprint density at radius 3 is 1.56 bits per heavy atom. The molecule has 0 rings (SSSR count). The molecule has 0 saturated heterocycles. The number of carbonyl (C=O) groups excluding carboxylic acids is 1. The van der Waals surface area contributed by atoms with Crippen LogP contribution in [0, 0.1) is 0 Å². The van der Waals surface area contributed by atoms with Crippen molar-refractivity contribution in [3.8, 4) is 0 Å². The van der Waals surface area contributed by atoms with Crippen molar-refractivity contribution in [1.82, 2.24) is 5.32 Å². The van der Waals surface area contributed by atoms with Gasteiger partial charge in [0.2, 0.25) is 5.91 Å². The summed E-state index contributed by atoms with van der Waals surface area (Å²) in [7, 11) is 1.40. The predicted molar refractivity (Wildman–Crippen MR) is 241 cm³/mol. The second-order valence-electron chi connectivity index (χ2n) is 16.9. The van der Waals surface area contributed by atoms with Crippen molar-refractivity contribution < 1.29 is 38.0 Å². The number of carbonyl (C=O) groups is 1. The number of quaternary nitrogens is 1. The van der Waals surface area contributed by atoms with Crippen molar-refractivity contribution in [2.45, 2.75) is 205 Å². The summed E-state index contributed by atoms with van der Waals surface area (Å²) in [5, 5.41) is 24.6. The van der Waals surface area contributed by atoms with Crippen LogP contribution in [0.4, 0.5) is 0 Å². The van der Waals surface area contributed by atoms with Crippen LogP contribution >= 0.6 is 7.82 Å². The fraction of sp³-hybridized carbons (Fsp3) is 0.809. The van der Waals surface area contributed by atoms with Gasteiger partial charge in [-0.3, -0.25) is 13.8 Å². The Balaban J connectivity index is 4.44. The van der Waals surface area contributed by atoms with Gasteiger partial charge in [0, 0.05) is 6.42 Å². The Labute approximate surface area is 351 Å². The predicted octanol–water partition coefficient (Wildman–Crippen LogP) is 11.8. The first-order chi connectivity index (χ1) is 27.4. The molecule has 0 aliphatic rings. The SMILES string of the molecule is C/C=C/CC/C=C/CC/C=C/CCCC(O)C(O)C(COP(=O)(O)OCC[N+](C)(C)C)NC(=O)CCCCCCCCCCC/C=C\CCCCCCCCCC. The standard InChI is InChI=1S/C47H89N2O7P/c1-6-8-10-12-14-16-18-20-21-22-23-24-25-26-27-28-30-32-34-36-38-40-46(51)48-44(43-56-57(53,54)55-42-41-49(3,4)5)47(52)45(50)39-37-35-33-31-29-19-17-15-13-11-9-7-2/h7,9,15,17,22-23,31,33,44-45,47,50,52H,6,8,10-14,16,18-21,24-30,32,34-43H2,1-5H3,(H-,48,51,53,54)/p+1/b9-7+,17-15+,23-22-,33-31+. The van der Waals surface area contributed by atoms with E-state index in [4.69, 9.17) is 9.05 Å². The Bertz CT molecular complexity index is 1090. The van der Waals surface area contributed by atoms with Crippen molar-refractivity contribution in [3.05, 3.63) is 48.6 Å². The maximum Gasteiger partial charge on any atom is 0.472 e. The van der Waals surface area contributed by atoms with E-state index in [1.54, 1.807) is 0 Å². The molecular formula is C47H90N2O7P+. The van der Waals surface area contributed by atoms with E-state index in [1.807, 2.05) is 28.1 Å². The second-order valence-corrected chi connectivity index (χ2v) is 18.3. The van der Waals surface area contributed by atoms with Gasteiger partial charge >= 0.3 is 7.82 Å². The van der Waals surface area contributed by atoms with Crippen LogP contribution in [0.5, 0.6) is 0 Å². The van der Waals surface area contributed by atoms with E-state index in [9.17, 15) is 24.5 Å². The molecule has 1 amide bonds. The molecular weight excluding hydrogens is 735 g/mol. The summed E-state index contributed by atoms with van der Waals surface area (Å²) in [5.41, 5.74) is 0. The van der Waals surface area contributed by atoms with Crippen molar-refractivity contribution in [3.63, 3.8) is 0 Å². The second kappa shape index (κ2) is 38.6. The first-order valence-corrected chi connectivity index (χ1v) is 24.5. The number of aliphatic hydroxyl groups is 2. The van der Waals surface area contributed by atoms with Gasteiger partial charge < -0.3 is 24.9 Å². The molecule has 0 saturated carbocycles. The highest BCUT2D eigenvalue weighted by molar-refractivity contribution is 7.47. The van der Waals surface area contributed by atoms with Gasteiger partial charge in [-0.2, -0.15) is 0 Å². The van der Waals surface area contributed by atoms with Crippen LogP contribution in [0.15, 0.2) is 48.6 Å². The molecule has 10 heteroatoms. The molecule has 0 aromatic heterocycles. The number of aliphatic hydroxyl groups excluding tert-OH is 2. The summed E-state index contributed by atoms with van der Waals surface area (Å²) in [6, 6.07) is -1.06. The molecule has 0 aliphatic heterocycles. The summed E-state index contributed by atoms with van der Waals surface area (Å²) >= 11 is 0. The minimum atomic E-state index is -4.43. The molecule has 0 aromatic carbocycles. The van der Waals surface area contributed by atoms with Gasteiger partial charge in [0.25, 0.3) is 0 Å². The number of likely N-dealkylation sites (N-methyl/N-ethyl adjacent to an activating group) is 1. The van der Waals surface area contributed by atoms with E-state index in [2.05, 4.69) is 60.8 Å². The van der Waals surface area contributed by atoms with Gasteiger partial charge in [-0.15, -0.1) is 0 Å². The molecule has 334 valence electrons. The largest absolute Gasteiger partial charge is 0.472 e. The number of unbranched alkanes of at least 4 members (excludes halogenated alkanes) is 20. The third-order valence-electron chi connectivity index (χ3n) is 10.2. The number of rotatable bonds is 41. The maximum absolute atomic E-state index is 12.9. The minimum absolute atomic E-state index is 0.0108. The van der Waals surface area contributed by atoms with Crippen LogP contribution in [0.1, 0.15) is 187 Å². The third-order valence-corrected chi connectivity index (χ3v) is 11.2. The lowest BCUT2D eigenvalue weighted by Gasteiger charge is -2.28. The van der Waals surface area contributed by atoms with Crippen LogP contribution in [0.25, 0.3) is 0 Å². The first-order valence-electron chi connectivity index (χ1n) is 23.1. The van der Waals surface area contributed by atoms with Crippen LogP contribution in [-0.2, 0) is 18.4 Å². The third kappa shape index (κ3) is 39.6. The molecule has 0 heterocycles. The van der Waals surface area contributed by atoms with Gasteiger partial charge in [0.1, 0.15) is 19.3 Å². The Morgan fingerprint density at radius 2 is 1.07 bits per heavy atom. The number of allylic oxidation sites excluding steroid dienone is 8. The Kier molecular flexibility index (Phi) is 37.5. The lowest BCUT2D eigenvalue weighted by atomic mass is 10.0. The Hall–Kier alpha value is -1.58. The van der Waals surface area contributed by atoms with E-state index in [0.29, 0.717) is 30.3 Å². The normalized spacial score (nSPS) is 15.3. The van der Waals surface area contributed by atoms with Crippen LogP contribution in [0.3, 0.4) is 0 Å². The zero-order valence-electron chi connectivity index (χ0n) is 37.4. The Morgan fingerprint density at radius 1 is 0.632 bits per heavy atom. The number of hydrogen-bond acceptors (Lipinski definition) is 6. The van der Waals surface area contributed by atoms with Crippen LogP contribution in [-0.4, -0.2) is 84.6 Å². The molecule has 57 heavy (non-hydrogen) atoms. The zero-order chi connectivity index (χ0) is 42.3. The molecule has 0 aliphatic carbocycles. The van der Waals surface area contributed by atoms with E-state index in [1.165, 1.54) is 96.3 Å². The highest BCUT2D eigenvalue weighted by Gasteiger charge is 2.31. The smallest absolute Gasteiger partial charge is 0.390 e. The molecule has 0 bridgehead atoms. The number of amides is 1. The zero-order valence-corrected chi connectivity index (χ0v) is 38.3. The van der Waals surface area contributed by atoms with Crippen molar-refractivity contribution >= 4 is 13.7 Å². The number of hydrogen-bond donors (Lipinski definition) is 4. The van der Waals surface area contributed by atoms with Gasteiger partial charge in [0.15, 0.2) is 0 Å². The molecule has 0 radical (unpaired) electrons. The molecule has 4 unspecified atom stereocenters. The molecule has 9 nitrogen and oxygen atoms in total. The van der Waals surface area contributed by atoms with Gasteiger partial charge in [-0.05, 0) is 84.0 Å². The van der Waals surface area contributed by atoms with Gasteiger partial charge in [-0.1, -0.05) is 145 Å². The molecule has 0 aromatic rings. The fourth-order valence-electron chi connectivity index (χ4n) is 6.47. The number of nitrogens with zero attached hydrogens (tertiary/aromatic N) is 1. The highest BCUT2D eigenvalue weighted by Crippen LogP contribution is 2.43. The lowest BCUT2D eigenvalue weighted by molar-refractivity contribution is -0.870. The molecule has 0 fully saturated rings. The van der Waals surface area contributed by atoms with Gasteiger partial charge in [0.05, 0.1) is 39.9 Å². The van der Waals surface area contributed by atoms with Gasteiger partial charge in [-0.25, -0.2) is 4.57 Å². The monoisotopic (exact) mass is 826 g/mol. The minimum Gasteiger partial charge on any atom is -0.390 e. The summed E-state index contributed by atoms with van der Waals surface area (Å²) < 4.78 is 23.5. The van der Waals surface area contributed by atoms with Crippen molar-refractivity contribution in [2.24, 2.45) is 0 Å². The van der Waals surface area contributed by atoms with Crippen molar-refractivity contribution in [1.29, 1.82) is 0 Å². The summed E-state index contributed by atoms with van der Waals surface area (Å²) in [6.45, 7) is 4.35. The first kappa shape index (κ1) is 55.4. The summed E-state index contributed by atoms with van der Waals surface area (Å²) in [5.74, 6) is -0.278. The molecule has 4 N–H and O–H groups in total. The highest BCUT2D eigenvalue weighted by atomic mass is 31.2. The van der Waals surface area contributed by atoms with E-state index >= 15 is 0 Å². The number of phosphoric acid groups is 1. The lowest BCUT2D eigenvalue weighted by Crippen LogP contribution is -2.51. The summed E-state index contributed by atoms with van der Waals surface area (Å²) in [4.78, 5) is 23.2. The average Bonchev–Trinajstić information content (AvgIpc) is 3.16. The van der Waals surface area contributed by atoms with Crippen molar-refractivity contribution in [2.75, 3.05) is 40.9 Å². The summed E-state index contributed by atoms with van der Waals surface area (Å²) in [6.07, 6.45) is 44.8. The average molecular weight is 826 g/mol. The quantitative estimate of drug-likeness (QED) is 0.0209. The number of phosphoric ester groups is 1. The van der Waals surface area contributed by atoms with Crippen LogP contribution in [0.2, 0.25) is 0 Å². The van der Waals surface area contributed by atoms with E-state index in [-0.39, 0.29) is 18.9 Å². The topological polar surface area (TPSA) is 125 Å². The number of nitrogens with one attached hydrogen (secondary N) is 1. The maximum atomic E-state index is 12.9. The molecule has 4 atom stereocenters. The molecule has 0 spiro atoms.